The molecule has 7 heteroatoms. The van der Waals surface area contributed by atoms with Gasteiger partial charge in [-0.05, 0) is 32.6 Å². The highest BCUT2D eigenvalue weighted by Crippen LogP contribution is 2.28. The minimum absolute atomic E-state index is 0.0846. The molecule has 1 aromatic rings. The number of sulfonamides is 1. The van der Waals surface area contributed by atoms with Crippen LogP contribution in [0.4, 0.5) is 0 Å². The predicted molar refractivity (Wildman–Crippen MR) is 73.2 cm³/mol. The highest BCUT2D eigenvalue weighted by Gasteiger charge is 2.34. The fourth-order valence-corrected chi connectivity index (χ4v) is 3.34. The van der Waals surface area contributed by atoms with Gasteiger partial charge in [0, 0.05) is 24.8 Å². The Balaban J connectivity index is 2.08. The van der Waals surface area contributed by atoms with Crippen LogP contribution in [0.3, 0.4) is 0 Å². The molecule has 1 aromatic heterocycles. The first-order valence-corrected chi connectivity index (χ1v) is 8.17. The maximum absolute atomic E-state index is 12.1. The molecule has 0 aliphatic heterocycles. The van der Waals surface area contributed by atoms with E-state index in [9.17, 15) is 8.42 Å². The normalized spacial score (nSPS) is 18.3. The van der Waals surface area contributed by atoms with Gasteiger partial charge in [-0.2, -0.15) is 0 Å². The standard InChI is InChI=1S/C12H22N4O2S/c1-3-7-16-8-11(15-10(16)2)19(17,18)14-9-12(13)5-4-6-12/h8,14H,3-7,9,13H2,1-2H3. The van der Waals surface area contributed by atoms with Crippen LogP contribution in [0.15, 0.2) is 11.2 Å². The molecule has 108 valence electrons. The predicted octanol–water partition coefficient (Wildman–Crippen LogP) is 0.761. The molecule has 0 amide bonds. The van der Waals surface area contributed by atoms with Crippen LogP contribution in [0.1, 0.15) is 38.4 Å². The van der Waals surface area contributed by atoms with Gasteiger partial charge in [0.05, 0.1) is 0 Å². The summed E-state index contributed by atoms with van der Waals surface area (Å²) in [5.74, 6) is 0.716. The van der Waals surface area contributed by atoms with Crippen molar-refractivity contribution in [1.29, 1.82) is 0 Å². The number of nitrogens with two attached hydrogens (primary N) is 1. The topological polar surface area (TPSA) is 90.0 Å². The van der Waals surface area contributed by atoms with Crippen LogP contribution < -0.4 is 10.5 Å². The molecule has 3 N–H and O–H groups in total. The summed E-state index contributed by atoms with van der Waals surface area (Å²) < 4.78 is 28.7. The second-order valence-electron chi connectivity index (χ2n) is 5.36. The molecule has 0 bridgehead atoms. The lowest BCUT2D eigenvalue weighted by molar-refractivity contribution is 0.251. The van der Waals surface area contributed by atoms with Crippen LogP contribution in [-0.4, -0.2) is 30.1 Å². The van der Waals surface area contributed by atoms with E-state index in [2.05, 4.69) is 9.71 Å². The largest absolute Gasteiger partial charge is 0.334 e. The van der Waals surface area contributed by atoms with Gasteiger partial charge in [-0.1, -0.05) is 6.92 Å². The smallest absolute Gasteiger partial charge is 0.259 e. The zero-order valence-corrected chi connectivity index (χ0v) is 12.3. The van der Waals surface area contributed by atoms with Gasteiger partial charge >= 0.3 is 0 Å². The first kappa shape index (κ1) is 14.5. The highest BCUT2D eigenvalue weighted by atomic mass is 32.2. The number of aromatic nitrogens is 2. The Morgan fingerprint density at radius 3 is 2.74 bits per heavy atom. The molecule has 1 aliphatic carbocycles. The lowest BCUT2D eigenvalue weighted by atomic mass is 9.78. The molecule has 0 spiro atoms. The monoisotopic (exact) mass is 286 g/mol. The molecule has 6 nitrogen and oxygen atoms in total. The van der Waals surface area contributed by atoms with Crippen molar-refractivity contribution >= 4 is 10.0 Å². The molecular weight excluding hydrogens is 264 g/mol. The van der Waals surface area contributed by atoms with Crippen molar-refractivity contribution in [3.63, 3.8) is 0 Å². The molecule has 0 unspecified atom stereocenters. The van der Waals surface area contributed by atoms with E-state index in [-0.39, 0.29) is 17.1 Å². The van der Waals surface area contributed by atoms with Gasteiger partial charge in [0.1, 0.15) is 5.82 Å². The molecule has 2 rings (SSSR count). The number of aryl methyl sites for hydroxylation is 2. The fraction of sp³-hybridized carbons (Fsp3) is 0.750. The molecule has 0 saturated heterocycles. The number of hydrogen-bond acceptors (Lipinski definition) is 4. The third kappa shape index (κ3) is 3.16. The van der Waals surface area contributed by atoms with E-state index in [1.165, 1.54) is 0 Å². The number of nitrogens with one attached hydrogen (secondary N) is 1. The van der Waals surface area contributed by atoms with Crippen molar-refractivity contribution in [2.24, 2.45) is 5.73 Å². The summed E-state index contributed by atoms with van der Waals surface area (Å²) >= 11 is 0. The Labute approximate surface area is 114 Å². The average molecular weight is 286 g/mol. The van der Waals surface area contributed by atoms with Crippen molar-refractivity contribution in [2.75, 3.05) is 6.54 Å². The number of rotatable bonds is 6. The summed E-state index contributed by atoms with van der Waals surface area (Å²) in [6, 6.07) is 0. The Morgan fingerprint density at radius 2 is 2.21 bits per heavy atom. The summed E-state index contributed by atoms with van der Waals surface area (Å²) in [6.07, 6.45) is 5.35. The fourth-order valence-electron chi connectivity index (χ4n) is 2.20. The first-order chi connectivity index (χ1) is 8.86. The van der Waals surface area contributed by atoms with Crippen LogP contribution in [0.2, 0.25) is 0 Å². The summed E-state index contributed by atoms with van der Waals surface area (Å²) in [5.41, 5.74) is 5.65. The summed E-state index contributed by atoms with van der Waals surface area (Å²) in [7, 11) is -3.55. The zero-order valence-electron chi connectivity index (χ0n) is 11.5. The molecule has 0 radical (unpaired) electrons. The van der Waals surface area contributed by atoms with Gasteiger partial charge in [0.25, 0.3) is 10.0 Å². The van der Waals surface area contributed by atoms with Gasteiger partial charge < -0.3 is 10.3 Å². The Hall–Kier alpha value is -0.920. The number of hydrogen-bond donors (Lipinski definition) is 2. The van der Waals surface area contributed by atoms with Gasteiger partial charge in [0.15, 0.2) is 5.03 Å². The first-order valence-electron chi connectivity index (χ1n) is 6.69. The second kappa shape index (κ2) is 5.22. The Kier molecular flexibility index (Phi) is 3.98. The van der Waals surface area contributed by atoms with Gasteiger partial charge in [-0.3, -0.25) is 0 Å². The molecule has 1 aliphatic rings. The van der Waals surface area contributed by atoms with Crippen molar-refractivity contribution in [1.82, 2.24) is 14.3 Å². The molecule has 19 heavy (non-hydrogen) atoms. The molecule has 1 heterocycles. The molecule has 0 aromatic carbocycles. The Bertz CT molecular complexity index is 546. The van der Waals surface area contributed by atoms with Crippen molar-refractivity contribution in [2.45, 2.75) is 56.6 Å². The average Bonchev–Trinajstić information content (AvgIpc) is 2.68. The molecule has 1 saturated carbocycles. The third-order valence-electron chi connectivity index (χ3n) is 3.66. The molecule has 1 fully saturated rings. The van der Waals surface area contributed by atoms with E-state index >= 15 is 0 Å². The van der Waals surface area contributed by atoms with Crippen LogP contribution in [0, 0.1) is 6.92 Å². The molecular formula is C12H22N4O2S. The van der Waals surface area contributed by atoms with Gasteiger partial charge in [0.2, 0.25) is 0 Å². The van der Waals surface area contributed by atoms with Crippen LogP contribution in [0.5, 0.6) is 0 Å². The Morgan fingerprint density at radius 1 is 1.53 bits per heavy atom. The zero-order chi connectivity index (χ0) is 14.1. The van der Waals surface area contributed by atoms with Crippen LogP contribution in [0.25, 0.3) is 0 Å². The van der Waals surface area contributed by atoms with Crippen LogP contribution >= 0.6 is 0 Å². The number of imidazole rings is 1. The van der Waals surface area contributed by atoms with E-state index in [1.807, 2.05) is 18.4 Å². The van der Waals surface area contributed by atoms with E-state index in [4.69, 9.17) is 5.73 Å². The van der Waals surface area contributed by atoms with Gasteiger partial charge in [-0.15, -0.1) is 0 Å². The summed E-state index contributed by atoms with van der Waals surface area (Å²) in [5, 5.41) is 0.0846. The maximum atomic E-state index is 12.1. The lowest BCUT2D eigenvalue weighted by Gasteiger charge is -2.37. The quantitative estimate of drug-likeness (QED) is 0.808. The van der Waals surface area contributed by atoms with Crippen molar-refractivity contribution in [3.05, 3.63) is 12.0 Å². The van der Waals surface area contributed by atoms with Crippen molar-refractivity contribution in [3.8, 4) is 0 Å². The van der Waals surface area contributed by atoms with E-state index in [0.717, 1.165) is 32.2 Å². The van der Waals surface area contributed by atoms with E-state index in [1.54, 1.807) is 6.20 Å². The minimum atomic E-state index is -3.55. The maximum Gasteiger partial charge on any atom is 0.259 e. The highest BCUT2D eigenvalue weighted by molar-refractivity contribution is 7.89. The minimum Gasteiger partial charge on any atom is -0.334 e. The summed E-state index contributed by atoms with van der Waals surface area (Å²) in [6.45, 7) is 4.91. The SMILES string of the molecule is CCCn1cc(S(=O)(=O)NCC2(N)CCC2)nc1C. The lowest BCUT2D eigenvalue weighted by Crippen LogP contribution is -2.54. The van der Waals surface area contributed by atoms with Crippen LogP contribution in [-0.2, 0) is 16.6 Å². The number of nitrogens with zero attached hydrogens (tertiary/aromatic N) is 2. The van der Waals surface area contributed by atoms with E-state index < -0.39 is 10.0 Å². The second-order valence-corrected chi connectivity index (χ2v) is 7.07. The third-order valence-corrected chi connectivity index (χ3v) is 4.93. The summed E-state index contributed by atoms with van der Waals surface area (Å²) in [4.78, 5) is 4.12. The van der Waals surface area contributed by atoms with Gasteiger partial charge in [-0.25, -0.2) is 18.1 Å². The molecule has 0 atom stereocenters. The van der Waals surface area contributed by atoms with Crippen molar-refractivity contribution < 1.29 is 8.42 Å². The van der Waals surface area contributed by atoms with E-state index in [0.29, 0.717) is 5.82 Å².